The number of rotatable bonds is 4. The molecule has 0 fully saturated rings. The number of primary amides is 1. The largest absolute Gasteiger partial charge is 0.396 e. The van der Waals surface area contributed by atoms with E-state index in [1.807, 2.05) is 24.3 Å². The number of hydrogen-bond donors (Lipinski definition) is 2. The number of aliphatic hydroxyl groups is 1. The first-order valence-corrected chi connectivity index (χ1v) is 5.98. The van der Waals surface area contributed by atoms with Crippen LogP contribution in [-0.2, 0) is 4.79 Å². The van der Waals surface area contributed by atoms with Gasteiger partial charge in [0.15, 0.2) is 0 Å². The van der Waals surface area contributed by atoms with Crippen molar-refractivity contribution < 1.29 is 9.90 Å². The topological polar surface area (TPSA) is 66.6 Å². The van der Waals surface area contributed by atoms with Gasteiger partial charge in [-0.1, -0.05) is 18.2 Å². The van der Waals surface area contributed by atoms with Crippen LogP contribution in [0.1, 0.15) is 24.3 Å². The van der Waals surface area contributed by atoms with Gasteiger partial charge in [0.05, 0.1) is 5.92 Å². The fraction of sp³-hybridized carbons (Fsp3) is 0.462. The van der Waals surface area contributed by atoms with Crippen LogP contribution in [0.2, 0.25) is 0 Å². The second-order valence-corrected chi connectivity index (χ2v) is 4.37. The van der Waals surface area contributed by atoms with E-state index in [2.05, 4.69) is 4.90 Å². The number of fused-ring (bicyclic) bond motifs is 1. The van der Waals surface area contributed by atoms with E-state index >= 15 is 0 Å². The summed E-state index contributed by atoms with van der Waals surface area (Å²) >= 11 is 0. The maximum atomic E-state index is 11.4. The summed E-state index contributed by atoms with van der Waals surface area (Å²) in [6.07, 6.45) is 1.51. The average molecular weight is 234 g/mol. The fourth-order valence-corrected chi connectivity index (χ4v) is 2.42. The summed E-state index contributed by atoms with van der Waals surface area (Å²) in [6, 6.07) is 7.89. The van der Waals surface area contributed by atoms with Crippen molar-refractivity contribution in [1.29, 1.82) is 0 Å². The minimum atomic E-state index is -0.251. The van der Waals surface area contributed by atoms with Crippen LogP contribution in [0, 0.1) is 0 Å². The maximum Gasteiger partial charge on any atom is 0.225 e. The van der Waals surface area contributed by atoms with Gasteiger partial charge in [-0.2, -0.15) is 0 Å². The summed E-state index contributed by atoms with van der Waals surface area (Å²) in [5, 5.41) is 8.88. The number of amides is 1. The van der Waals surface area contributed by atoms with E-state index in [1.165, 1.54) is 0 Å². The molecule has 1 amide bonds. The third kappa shape index (κ3) is 2.42. The second kappa shape index (κ2) is 5.19. The van der Waals surface area contributed by atoms with Gasteiger partial charge in [-0.15, -0.1) is 0 Å². The van der Waals surface area contributed by atoms with Gasteiger partial charge in [-0.05, 0) is 24.5 Å². The highest BCUT2D eigenvalue weighted by Gasteiger charge is 2.27. The Labute approximate surface area is 101 Å². The summed E-state index contributed by atoms with van der Waals surface area (Å²) in [5.74, 6) is -0.421. The number of hydrogen-bond acceptors (Lipinski definition) is 3. The quantitative estimate of drug-likeness (QED) is 0.811. The van der Waals surface area contributed by atoms with Crippen LogP contribution in [0.5, 0.6) is 0 Å². The second-order valence-electron chi connectivity index (χ2n) is 4.37. The predicted octanol–water partition coefficient (Wildman–Crippen LogP) is 0.848. The summed E-state index contributed by atoms with van der Waals surface area (Å²) in [7, 11) is 0. The normalized spacial score (nSPS) is 18.9. The number of carbonyl (C=O) groups excluding carboxylic acids is 1. The number of carbonyl (C=O) groups is 1. The van der Waals surface area contributed by atoms with Crippen LogP contribution in [0.25, 0.3) is 0 Å². The molecule has 0 aromatic heterocycles. The molecular formula is C13H18N2O2. The summed E-state index contributed by atoms with van der Waals surface area (Å²) in [5.41, 5.74) is 7.53. The number of benzene rings is 1. The van der Waals surface area contributed by atoms with E-state index in [0.29, 0.717) is 0 Å². The first kappa shape index (κ1) is 11.9. The van der Waals surface area contributed by atoms with Crippen LogP contribution in [-0.4, -0.2) is 30.7 Å². The van der Waals surface area contributed by atoms with Crippen LogP contribution in [0.4, 0.5) is 5.69 Å². The van der Waals surface area contributed by atoms with Gasteiger partial charge in [0, 0.05) is 25.4 Å². The third-order valence-electron chi connectivity index (χ3n) is 3.27. The highest BCUT2D eigenvalue weighted by molar-refractivity contribution is 5.85. The van der Waals surface area contributed by atoms with E-state index < -0.39 is 0 Å². The minimum absolute atomic E-state index is 0.170. The molecular weight excluding hydrogens is 216 g/mol. The van der Waals surface area contributed by atoms with Crippen LogP contribution < -0.4 is 10.6 Å². The smallest absolute Gasteiger partial charge is 0.225 e. The van der Waals surface area contributed by atoms with Gasteiger partial charge >= 0.3 is 0 Å². The standard InChI is InChI=1S/C13H18N2O2/c14-13(17)11-6-8-15(7-3-9-16)12-5-2-1-4-10(11)12/h1-2,4-5,11,16H,3,6-9H2,(H2,14,17). The molecule has 4 heteroatoms. The molecule has 0 saturated carbocycles. The zero-order chi connectivity index (χ0) is 12.3. The molecule has 0 radical (unpaired) electrons. The zero-order valence-corrected chi connectivity index (χ0v) is 9.80. The summed E-state index contributed by atoms with van der Waals surface area (Å²) < 4.78 is 0. The lowest BCUT2D eigenvalue weighted by Crippen LogP contribution is -2.36. The first-order valence-electron chi connectivity index (χ1n) is 5.98. The van der Waals surface area contributed by atoms with Crippen LogP contribution in [0.15, 0.2) is 24.3 Å². The van der Waals surface area contributed by atoms with Crippen molar-refractivity contribution in [2.24, 2.45) is 5.73 Å². The molecule has 0 bridgehead atoms. The van der Waals surface area contributed by atoms with E-state index in [9.17, 15) is 4.79 Å². The summed E-state index contributed by atoms with van der Waals surface area (Å²) in [4.78, 5) is 13.6. The van der Waals surface area contributed by atoms with Crippen molar-refractivity contribution in [2.45, 2.75) is 18.8 Å². The van der Waals surface area contributed by atoms with E-state index in [4.69, 9.17) is 10.8 Å². The number of anilines is 1. The Bertz CT molecular complexity index is 406. The molecule has 1 aromatic rings. The Morgan fingerprint density at radius 3 is 2.94 bits per heavy atom. The van der Waals surface area contributed by atoms with Gasteiger partial charge in [-0.3, -0.25) is 4.79 Å². The van der Waals surface area contributed by atoms with E-state index in [1.54, 1.807) is 0 Å². The van der Waals surface area contributed by atoms with Gasteiger partial charge in [0.25, 0.3) is 0 Å². The molecule has 0 saturated heterocycles. The summed E-state index contributed by atoms with van der Waals surface area (Å²) in [6.45, 7) is 1.83. The van der Waals surface area contributed by atoms with Crippen molar-refractivity contribution in [1.82, 2.24) is 0 Å². The van der Waals surface area contributed by atoms with Crippen molar-refractivity contribution in [3.8, 4) is 0 Å². The van der Waals surface area contributed by atoms with Crippen molar-refractivity contribution in [2.75, 3.05) is 24.6 Å². The SMILES string of the molecule is NC(=O)C1CCN(CCCO)c2ccccc21. The molecule has 1 aromatic carbocycles. The highest BCUT2D eigenvalue weighted by Crippen LogP contribution is 2.34. The van der Waals surface area contributed by atoms with Crippen LogP contribution in [0.3, 0.4) is 0 Å². The Morgan fingerprint density at radius 1 is 1.47 bits per heavy atom. The molecule has 1 atom stereocenters. The Morgan fingerprint density at radius 2 is 2.24 bits per heavy atom. The Balaban J connectivity index is 2.27. The maximum absolute atomic E-state index is 11.4. The molecule has 17 heavy (non-hydrogen) atoms. The predicted molar refractivity (Wildman–Crippen MR) is 66.9 cm³/mol. The lowest BCUT2D eigenvalue weighted by Gasteiger charge is -2.34. The Hall–Kier alpha value is -1.55. The monoisotopic (exact) mass is 234 g/mol. The molecule has 0 aliphatic carbocycles. The molecule has 4 nitrogen and oxygen atoms in total. The molecule has 2 rings (SSSR count). The molecule has 1 aliphatic heterocycles. The average Bonchev–Trinajstić information content (AvgIpc) is 2.35. The first-order chi connectivity index (χ1) is 8.24. The molecule has 0 spiro atoms. The van der Waals surface area contributed by atoms with Crippen LogP contribution >= 0.6 is 0 Å². The molecule has 1 heterocycles. The fourth-order valence-electron chi connectivity index (χ4n) is 2.42. The molecule has 3 N–H and O–H groups in total. The minimum Gasteiger partial charge on any atom is -0.396 e. The van der Waals surface area contributed by atoms with Gasteiger partial charge < -0.3 is 15.7 Å². The molecule has 1 aliphatic rings. The van der Waals surface area contributed by atoms with Crippen molar-refractivity contribution in [3.63, 3.8) is 0 Å². The number of nitrogens with two attached hydrogens (primary N) is 1. The lowest BCUT2D eigenvalue weighted by molar-refractivity contribution is -0.119. The van der Waals surface area contributed by atoms with Gasteiger partial charge in [-0.25, -0.2) is 0 Å². The molecule has 92 valence electrons. The zero-order valence-electron chi connectivity index (χ0n) is 9.80. The lowest BCUT2D eigenvalue weighted by atomic mass is 9.89. The van der Waals surface area contributed by atoms with Crippen molar-refractivity contribution in [3.05, 3.63) is 29.8 Å². The highest BCUT2D eigenvalue weighted by atomic mass is 16.3. The number of aliphatic hydroxyl groups excluding tert-OH is 1. The van der Waals surface area contributed by atoms with Crippen molar-refractivity contribution >= 4 is 11.6 Å². The van der Waals surface area contributed by atoms with E-state index in [-0.39, 0.29) is 18.4 Å². The third-order valence-corrected chi connectivity index (χ3v) is 3.27. The van der Waals surface area contributed by atoms with E-state index in [0.717, 1.165) is 37.2 Å². The number of para-hydroxylation sites is 1. The Kier molecular flexibility index (Phi) is 3.64. The van der Waals surface area contributed by atoms with Gasteiger partial charge in [0.2, 0.25) is 5.91 Å². The molecule has 1 unspecified atom stereocenters. The number of nitrogens with zero attached hydrogens (tertiary/aromatic N) is 1. The van der Waals surface area contributed by atoms with Gasteiger partial charge in [0.1, 0.15) is 0 Å².